The second kappa shape index (κ2) is 6.77. The molecule has 0 N–H and O–H groups in total. The zero-order valence-electron chi connectivity index (χ0n) is 11.7. The summed E-state index contributed by atoms with van der Waals surface area (Å²) in [5.41, 5.74) is 0.580. The number of rotatable bonds is 4. The van der Waals surface area contributed by atoms with Crippen LogP contribution in [-0.2, 0) is 9.84 Å². The Kier molecular flexibility index (Phi) is 5.01. The third-order valence-electron chi connectivity index (χ3n) is 2.92. The number of benzene rings is 2. The largest absolute Gasteiger partial charge is 0.497 e. The molecule has 0 heterocycles. The van der Waals surface area contributed by atoms with E-state index in [-0.39, 0.29) is 9.80 Å². The lowest BCUT2D eigenvalue weighted by Crippen LogP contribution is -2.03. The van der Waals surface area contributed by atoms with Crippen LogP contribution in [0, 0.1) is 11.3 Å². The molecule has 2 rings (SSSR count). The van der Waals surface area contributed by atoms with Crippen molar-refractivity contribution in [1.82, 2.24) is 0 Å². The van der Waals surface area contributed by atoms with Crippen molar-refractivity contribution in [3.63, 3.8) is 0 Å². The zero-order valence-corrected chi connectivity index (χ0v) is 14.1. The van der Waals surface area contributed by atoms with E-state index in [0.29, 0.717) is 11.3 Å². The Hall–Kier alpha value is -2.10. The van der Waals surface area contributed by atoms with Crippen LogP contribution in [0.5, 0.6) is 5.75 Å². The summed E-state index contributed by atoms with van der Waals surface area (Å²) in [6, 6.07) is 14.7. The Balaban J connectivity index is 2.48. The Morgan fingerprint density at radius 2 is 1.91 bits per heavy atom. The fourth-order valence-electron chi connectivity index (χ4n) is 1.79. The molecule has 0 spiro atoms. The number of hydrogen-bond donors (Lipinski definition) is 0. The van der Waals surface area contributed by atoms with Crippen LogP contribution >= 0.6 is 15.9 Å². The fraction of sp³-hybridized carbons (Fsp3) is 0.0625. The SMILES string of the molecule is COc1cccc(/C=C(\C#N)S(=O)(=O)c2ccc(Br)cc2)c1. The molecule has 0 aliphatic heterocycles. The molecule has 0 bridgehead atoms. The summed E-state index contributed by atoms with van der Waals surface area (Å²) in [6.45, 7) is 0. The van der Waals surface area contributed by atoms with Crippen molar-refractivity contribution in [3.05, 3.63) is 63.5 Å². The summed E-state index contributed by atoms with van der Waals surface area (Å²) in [4.78, 5) is -0.241. The van der Waals surface area contributed by atoms with Crippen molar-refractivity contribution in [2.45, 2.75) is 4.90 Å². The minimum Gasteiger partial charge on any atom is -0.497 e. The first-order chi connectivity index (χ1) is 10.5. The maximum Gasteiger partial charge on any atom is 0.216 e. The average molecular weight is 378 g/mol. The van der Waals surface area contributed by atoms with Gasteiger partial charge in [-0.2, -0.15) is 5.26 Å². The van der Waals surface area contributed by atoms with Gasteiger partial charge in [-0.1, -0.05) is 28.1 Å². The summed E-state index contributed by atoms with van der Waals surface area (Å²) in [6.07, 6.45) is 1.33. The standard InChI is InChI=1S/C16H12BrNO3S/c1-21-14-4-2-3-12(9-14)10-16(11-18)22(19,20)15-7-5-13(17)6-8-15/h2-10H,1H3/b16-10+. The number of sulfone groups is 1. The molecule has 2 aromatic rings. The molecule has 0 aromatic heterocycles. The van der Waals surface area contributed by atoms with Gasteiger partial charge in [0.2, 0.25) is 9.84 Å². The molecule has 0 fully saturated rings. The van der Waals surface area contributed by atoms with E-state index in [1.54, 1.807) is 42.5 Å². The van der Waals surface area contributed by atoms with Crippen LogP contribution in [0.15, 0.2) is 62.8 Å². The third kappa shape index (κ3) is 3.56. The van der Waals surface area contributed by atoms with Crippen molar-refractivity contribution < 1.29 is 13.2 Å². The van der Waals surface area contributed by atoms with E-state index >= 15 is 0 Å². The molecule has 112 valence electrons. The van der Waals surface area contributed by atoms with Gasteiger partial charge in [0.05, 0.1) is 12.0 Å². The minimum atomic E-state index is -3.85. The van der Waals surface area contributed by atoms with Gasteiger partial charge >= 0.3 is 0 Å². The maximum absolute atomic E-state index is 12.5. The molecule has 0 saturated heterocycles. The lowest BCUT2D eigenvalue weighted by Gasteiger charge is -2.04. The van der Waals surface area contributed by atoms with Gasteiger partial charge in [-0.15, -0.1) is 0 Å². The van der Waals surface area contributed by atoms with E-state index in [1.165, 1.54) is 25.3 Å². The highest BCUT2D eigenvalue weighted by atomic mass is 79.9. The van der Waals surface area contributed by atoms with E-state index in [4.69, 9.17) is 4.74 Å². The van der Waals surface area contributed by atoms with E-state index in [9.17, 15) is 13.7 Å². The van der Waals surface area contributed by atoms with Crippen LogP contribution in [0.3, 0.4) is 0 Å². The highest BCUT2D eigenvalue weighted by molar-refractivity contribution is 9.10. The number of nitriles is 1. The second-order valence-electron chi connectivity index (χ2n) is 4.35. The molecule has 0 radical (unpaired) electrons. The summed E-state index contributed by atoms with van der Waals surface area (Å²) < 4.78 is 30.8. The topological polar surface area (TPSA) is 67.2 Å². The first-order valence-electron chi connectivity index (χ1n) is 6.24. The Morgan fingerprint density at radius 1 is 1.23 bits per heavy atom. The summed E-state index contributed by atoms with van der Waals surface area (Å²) >= 11 is 3.25. The molecule has 0 unspecified atom stereocenters. The van der Waals surface area contributed by atoms with Gasteiger partial charge in [-0.3, -0.25) is 0 Å². The predicted molar refractivity (Wildman–Crippen MR) is 87.9 cm³/mol. The minimum absolute atomic E-state index is 0.0754. The normalized spacial score (nSPS) is 11.8. The highest BCUT2D eigenvalue weighted by Gasteiger charge is 2.20. The number of hydrogen-bond acceptors (Lipinski definition) is 4. The fourth-order valence-corrected chi connectivity index (χ4v) is 3.22. The van der Waals surface area contributed by atoms with Gasteiger partial charge in [0, 0.05) is 4.47 Å². The molecule has 22 heavy (non-hydrogen) atoms. The summed E-state index contributed by atoms with van der Waals surface area (Å²) in [5, 5.41) is 9.23. The average Bonchev–Trinajstić information content (AvgIpc) is 2.53. The molecule has 6 heteroatoms. The van der Waals surface area contributed by atoms with Gasteiger partial charge < -0.3 is 4.74 Å². The number of halogens is 1. The molecule has 4 nitrogen and oxygen atoms in total. The monoisotopic (exact) mass is 377 g/mol. The Bertz CT molecular complexity index is 850. The number of nitrogens with zero attached hydrogens (tertiary/aromatic N) is 1. The van der Waals surface area contributed by atoms with Gasteiger partial charge in [-0.25, -0.2) is 8.42 Å². The second-order valence-corrected chi connectivity index (χ2v) is 7.19. The highest BCUT2D eigenvalue weighted by Crippen LogP contribution is 2.24. The van der Waals surface area contributed by atoms with Gasteiger partial charge in [0.1, 0.15) is 16.7 Å². The summed E-state index contributed by atoms with van der Waals surface area (Å²) in [7, 11) is -2.33. The Labute approximate surface area is 137 Å². The number of methoxy groups -OCH3 is 1. The first-order valence-corrected chi connectivity index (χ1v) is 8.51. The Morgan fingerprint density at radius 3 is 2.50 bits per heavy atom. The molecular weight excluding hydrogens is 366 g/mol. The lowest BCUT2D eigenvalue weighted by atomic mass is 10.2. The number of allylic oxidation sites excluding steroid dienone is 1. The lowest BCUT2D eigenvalue weighted by molar-refractivity contribution is 0.414. The quantitative estimate of drug-likeness (QED) is 0.759. The molecule has 0 aliphatic rings. The van der Waals surface area contributed by atoms with Gasteiger partial charge in [0.15, 0.2) is 0 Å². The van der Waals surface area contributed by atoms with Gasteiger partial charge in [-0.05, 0) is 48.0 Å². The van der Waals surface area contributed by atoms with Crippen LogP contribution in [0.1, 0.15) is 5.56 Å². The van der Waals surface area contributed by atoms with E-state index in [2.05, 4.69) is 15.9 Å². The van der Waals surface area contributed by atoms with Crippen LogP contribution in [0.25, 0.3) is 6.08 Å². The molecule has 2 aromatic carbocycles. The number of ether oxygens (including phenoxy) is 1. The van der Waals surface area contributed by atoms with Gasteiger partial charge in [0.25, 0.3) is 0 Å². The predicted octanol–water partition coefficient (Wildman–Crippen LogP) is 3.80. The van der Waals surface area contributed by atoms with Crippen molar-refractivity contribution in [2.24, 2.45) is 0 Å². The van der Waals surface area contributed by atoms with Crippen molar-refractivity contribution in [1.29, 1.82) is 5.26 Å². The zero-order chi connectivity index (χ0) is 16.2. The van der Waals surface area contributed by atoms with E-state index in [0.717, 1.165) is 4.47 Å². The molecule has 0 aliphatic carbocycles. The smallest absolute Gasteiger partial charge is 0.216 e. The van der Waals surface area contributed by atoms with Crippen LogP contribution in [0.4, 0.5) is 0 Å². The molecular formula is C16H12BrNO3S. The van der Waals surface area contributed by atoms with Crippen LogP contribution in [0.2, 0.25) is 0 Å². The first kappa shape index (κ1) is 16.3. The molecule has 0 saturated carbocycles. The maximum atomic E-state index is 12.5. The van der Waals surface area contributed by atoms with E-state index < -0.39 is 9.84 Å². The van der Waals surface area contributed by atoms with Crippen molar-refractivity contribution in [2.75, 3.05) is 7.11 Å². The summed E-state index contributed by atoms with van der Waals surface area (Å²) in [5.74, 6) is 0.590. The molecule has 0 atom stereocenters. The molecule has 0 amide bonds. The third-order valence-corrected chi connectivity index (χ3v) is 5.12. The van der Waals surface area contributed by atoms with Crippen molar-refractivity contribution >= 4 is 31.8 Å². The van der Waals surface area contributed by atoms with Crippen molar-refractivity contribution in [3.8, 4) is 11.8 Å². The van der Waals surface area contributed by atoms with E-state index in [1.807, 2.05) is 0 Å². The van der Waals surface area contributed by atoms with Crippen LogP contribution in [-0.4, -0.2) is 15.5 Å². The van der Waals surface area contributed by atoms with Crippen LogP contribution < -0.4 is 4.74 Å².